The van der Waals surface area contributed by atoms with Crippen molar-refractivity contribution in [3.8, 4) is 0 Å². The molecule has 2 atom stereocenters. The van der Waals surface area contributed by atoms with Crippen LogP contribution in [0.15, 0.2) is 48.5 Å². The fraction of sp³-hybridized carbons (Fsp3) is 0.278. The zero-order valence-corrected chi connectivity index (χ0v) is 13.6. The molecule has 0 aromatic heterocycles. The minimum atomic E-state index is -0.622. The van der Waals surface area contributed by atoms with Crippen LogP contribution in [0.3, 0.4) is 0 Å². The summed E-state index contributed by atoms with van der Waals surface area (Å²) in [4.78, 5) is 12.1. The Morgan fingerprint density at radius 3 is 2.57 bits per heavy atom. The summed E-state index contributed by atoms with van der Waals surface area (Å²) in [7, 11) is 0. The van der Waals surface area contributed by atoms with Gasteiger partial charge in [0, 0.05) is 18.0 Å². The fourth-order valence-corrected chi connectivity index (χ4v) is 2.55. The Morgan fingerprint density at radius 1 is 1.26 bits per heavy atom. The van der Waals surface area contributed by atoms with Gasteiger partial charge >= 0.3 is 0 Å². The molecule has 0 bridgehead atoms. The van der Waals surface area contributed by atoms with Gasteiger partial charge < -0.3 is 10.4 Å². The predicted octanol–water partition coefficient (Wildman–Crippen LogP) is 3.76. The maximum absolute atomic E-state index is 13.4. The Labute approximate surface area is 140 Å². The average molecular weight is 336 g/mol. The van der Waals surface area contributed by atoms with Crippen LogP contribution in [0, 0.1) is 5.82 Å². The van der Waals surface area contributed by atoms with Crippen LogP contribution in [-0.2, 0) is 0 Å². The number of amides is 1. The first-order chi connectivity index (χ1) is 11.0. The molecular weight excluding hydrogens is 317 g/mol. The van der Waals surface area contributed by atoms with Gasteiger partial charge in [0.25, 0.3) is 5.91 Å². The maximum atomic E-state index is 13.4. The normalized spacial score (nSPS) is 13.4. The fourth-order valence-electron chi connectivity index (χ4n) is 2.43. The molecule has 0 aliphatic carbocycles. The topological polar surface area (TPSA) is 49.3 Å². The minimum absolute atomic E-state index is 0.0159. The number of rotatable bonds is 6. The summed E-state index contributed by atoms with van der Waals surface area (Å²) in [5, 5.41) is 12.4. The Hall–Kier alpha value is -1.91. The number of halogens is 2. The van der Waals surface area contributed by atoms with Gasteiger partial charge in [-0.3, -0.25) is 4.79 Å². The van der Waals surface area contributed by atoms with Crippen molar-refractivity contribution in [3.63, 3.8) is 0 Å². The molecule has 2 unspecified atom stereocenters. The van der Waals surface area contributed by atoms with Crippen molar-refractivity contribution in [2.45, 2.75) is 25.4 Å². The Bertz CT molecular complexity index is 661. The third-order valence-electron chi connectivity index (χ3n) is 3.59. The highest BCUT2D eigenvalue weighted by Gasteiger charge is 2.16. The van der Waals surface area contributed by atoms with Gasteiger partial charge in [-0.1, -0.05) is 41.9 Å². The minimum Gasteiger partial charge on any atom is -0.393 e. The molecule has 2 aromatic carbocycles. The molecule has 23 heavy (non-hydrogen) atoms. The smallest absolute Gasteiger partial charge is 0.251 e. The Morgan fingerprint density at radius 2 is 1.96 bits per heavy atom. The lowest BCUT2D eigenvalue weighted by molar-refractivity contribution is 0.0945. The highest BCUT2D eigenvalue weighted by molar-refractivity contribution is 6.30. The highest BCUT2D eigenvalue weighted by Crippen LogP contribution is 2.21. The summed E-state index contributed by atoms with van der Waals surface area (Å²) in [5.41, 5.74) is 1.26. The van der Waals surface area contributed by atoms with E-state index in [2.05, 4.69) is 5.32 Å². The molecule has 2 rings (SSSR count). The van der Waals surface area contributed by atoms with E-state index < -0.39 is 11.9 Å². The number of nitrogens with one attached hydrogen (secondary N) is 1. The van der Waals surface area contributed by atoms with E-state index in [0.717, 1.165) is 11.6 Å². The van der Waals surface area contributed by atoms with Gasteiger partial charge in [0.05, 0.1) is 11.1 Å². The third kappa shape index (κ3) is 5.05. The van der Waals surface area contributed by atoms with Crippen molar-refractivity contribution in [1.82, 2.24) is 5.32 Å². The van der Waals surface area contributed by atoms with E-state index >= 15 is 0 Å². The summed E-state index contributed by atoms with van der Waals surface area (Å²) in [6.45, 7) is 2.07. The number of carbonyl (C=O) groups excluding carboxylic acids is 1. The van der Waals surface area contributed by atoms with E-state index in [-0.39, 0.29) is 22.4 Å². The van der Waals surface area contributed by atoms with E-state index in [1.807, 2.05) is 30.3 Å². The molecule has 0 saturated carbocycles. The largest absolute Gasteiger partial charge is 0.393 e. The van der Waals surface area contributed by atoms with E-state index in [4.69, 9.17) is 11.6 Å². The van der Waals surface area contributed by atoms with Crippen molar-refractivity contribution in [2.24, 2.45) is 0 Å². The highest BCUT2D eigenvalue weighted by atomic mass is 35.5. The van der Waals surface area contributed by atoms with Crippen molar-refractivity contribution in [3.05, 3.63) is 70.5 Å². The van der Waals surface area contributed by atoms with E-state index in [0.29, 0.717) is 13.0 Å². The van der Waals surface area contributed by atoms with Gasteiger partial charge in [-0.2, -0.15) is 0 Å². The van der Waals surface area contributed by atoms with Crippen LogP contribution in [0.1, 0.15) is 35.2 Å². The Kier molecular flexibility index (Phi) is 6.13. The molecule has 3 nitrogen and oxygen atoms in total. The molecule has 1 amide bonds. The van der Waals surface area contributed by atoms with E-state index in [1.165, 1.54) is 12.1 Å². The second kappa shape index (κ2) is 8.09. The molecule has 0 saturated heterocycles. The Balaban J connectivity index is 2.05. The number of hydrogen-bond acceptors (Lipinski definition) is 2. The SMILES string of the molecule is CC(O)CC(CNC(=O)c1ccc(Cl)c(F)c1)c1ccccc1. The standard InChI is InChI=1S/C18H19ClFNO2/c1-12(22)9-15(13-5-3-2-4-6-13)11-21-18(23)14-7-8-16(19)17(20)10-14/h2-8,10,12,15,22H,9,11H2,1H3,(H,21,23). The third-order valence-corrected chi connectivity index (χ3v) is 3.89. The van der Waals surface area contributed by atoms with Crippen molar-refractivity contribution < 1.29 is 14.3 Å². The van der Waals surface area contributed by atoms with Crippen LogP contribution < -0.4 is 5.32 Å². The average Bonchev–Trinajstić information content (AvgIpc) is 2.54. The summed E-state index contributed by atoms with van der Waals surface area (Å²) >= 11 is 5.62. The molecule has 0 radical (unpaired) electrons. The number of hydrogen-bond donors (Lipinski definition) is 2. The number of benzene rings is 2. The lowest BCUT2D eigenvalue weighted by atomic mass is 9.93. The van der Waals surface area contributed by atoms with Crippen LogP contribution in [0.4, 0.5) is 4.39 Å². The summed E-state index contributed by atoms with van der Waals surface area (Å²) < 4.78 is 13.4. The number of aliphatic hydroxyl groups is 1. The second-order valence-corrected chi connectivity index (χ2v) is 5.94. The van der Waals surface area contributed by atoms with Gasteiger partial charge in [0.15, 0.2) is 0 Å². The lowest BCUT2D eigenvalue weighted by Crippen LogP contribution is -2.29. The molecule has 0 aliphatic rings. The van der Waals surface area contributed by atoms with Gasteiger partial charge in [0.1, 0.15) is 5.82 Å². The van der Waals surface area contributed by atoms with E-state index in [1.54, 1.807) is 6.92 Å². The molecular formula is C18H19ClFNO2. The van der Waals surface area contributed by atoms with Gasteiger partial charge in [0.2, 0.25) is 0 Å². The van der Waals surface area contributed by atoms with Crippen molar-refractivity contribution >= 4 is 17.5 Å². The molecule has 122 valence electrons. The summed E-state index contributed by atoms with van der Waals surface area (Å²) in [6, 6.07) is 13.6. The van der Waals surface area contributed by atoms with Crippen LogP contribution in [0.25, 0.3) is 0 Å². The molecule has 0 heterocycles. The predicted molar refractivity (Wildman–Crippen MR) is 89.2 cm³/mol. The van der Waals surface area contributed by atoms with Crippen LogP contribution in [0.2, 0.25) is 5.02 Å². The van der Waals surface area contributed by atoms with E-state index in [9.17, 15) is 14.3 Å². The van der Waals surface area contributed by atoms with Crippen molar-refractivity contribution in [1.29, 1.82) is 0 Å². The zero-order chi connectivity index (χ0) is 16.8. The maximum Gasteiger partial charge on any atom is 0.251 e. The molecule has 0 spiro atoms. The monoisotopic (exact) mass is 335 g/mol. The summed E-state index contributed by atoms with van der Waals surface area (Å²) in [6.07, 6.45) is 0.0457. The van der Waals surface area contributed by atoms with Crippen LogP contribution in [-0.4, -0.2) is 23.7 Å². The second-order valence-electron chi connectivity index (χ2n) is 5.53. The zero-order valence-electron chi connectivity index (χ0n) is 12.8. The molecule has 2 aromatic rings. The molecule has 5 heteroatoms. The van der Waals surface area contributed by atoms with Gasteiger partial charge in [-0.15, -0.1) is 0 Å². The first-order valence-electron chi connectivity index (χ1n) is 7.43. The van der Waals surface area contributed by atoms with Gasteiger partial charge in [-0.25, -0.2) is 4.39 Å². The quantitative estimate of drug-likeness (QED) is 0.844. The first kappa shape index (κ1) is 17.4. The molecule has 0 fully saturated rings. The van der Waals surface area contributed by atoms with Crippen LogP contribution in [0.5, 0.6) is 0 Å². The number of aliphatic hydroxyl groups excluding tert-OH is 1. The van der Waals surface area contributed by atoms with Crippen LogP contribution >= 0.6 is 11.6 Å². The van der Waals surface area contributed by atoms with Crippen molar-refractivity contribution in [2.75, 3.05) is 6.54 Å². The van der Waals surface area contributed by atoms with Gasteiger partial charge in [-0.05, 0) is 37.1 Å². The summed E-state index contributed by atoms with van der Waals surface area (Å²) in [5.74, 6) is -1.01. The lowest BCUT2D eigenvalue weighted by Gasteiger charge is -2.19. The molecule has 0 aliphatic heterocycles. The molecule has 2 N–H and O–H groups in total. The first-order valence-corrected chi connectivity index (χ1v) is 7.81. The number of carbonyl (C=O) groups is 1.